The topological polar surface area (TPSA) is 37.4 Å². The van der Waals surface area contributed by atoms with Gasteiger partial charge >= 0.3 is 0 Å². The number of amides is 1. The van der Waals surface area contributed by atoms with Crippen LogP contribution < -0.4 is 0 Å². The predicted octanol–water partition coefficient (Wildman–Crippen LogP) is 7.25. The molecule has 3 rings (SSSR count). The van der Waals surface area contributed by atoms with E-state index >= 15 is 0 Å². The lowest BCUT2D eigenvalue weighted by atomic mass is 9.66. The van der Waals surface area contributed by atoms with Crippen LogP contribution in [0.2, 0.25) is 10.0 Å². The Kier molecular flexibility index (Phi) is 7.84. The molecule has 2 aromatic carbocycles. The summed E-state index contributed by atoms with van der Waals surface area (Å²) in [6.45, 7) is 9.85. The molecule has 0 aliphatic carbocycles. The molecule has 1 fully saturated rings. The number of likely N-dealkylation sites (tertiary alicyclic amines) is 1. The van der Waals surface area contributed by atoms with Crippen molar-refractivity contribution < 1.29 is 9.59 Å². The van der Waals surface area contributed by atoms with Crippen molar-refractivity contribution in [1.82, 2.24) is 4.90 Å². The quantitative estimate of drug-likeness (QED) is 0.300. The fraction of sp³-hybridized carbons (Fsp3) is 0.407. The molecule has 0 radical (unpaired) electrons. The fourth-order valence-corrected chi connectivity index (χ4v) is 5.49. The maximum Gasteiger partial charge on any atom is 0.229 e. The van der Waals surface area contributed by atoms with Crippen LogP contribution >= 0.6 is 23.2 Å². The minimum Gasteiger partial charge on any atom is -0.331 e. The van der Waals surface area contributed by atoms with Gasteiger partial charge in [-0.05, 0) is 54.7 Å². The Hall–Kier alpha value is -2.10. The highest BCUT2D eigenvalue weighted by atomic mass is 35.5. The second-order valence-electron chi connectivity index (χ2n) is 9.10. The minimum absolute atomic E-state index is 0.00503. The molecule has 2 aromatic rings. The lowest BCUT2D eigenvalue weighted by molar-refractivity contribution is -0.156. The van der Waals surface area contributed by atoms with Crippen LogP contribution in [0.5, 0.6) is 0 Å². The van der Waals surface area contributed by atoms with E-state index in [-0.39, 0.29) is 29.8 Å². The molecule has 1 saturated heterocycles. The predicted molar refractivity (Wildman–Crippen MR) is 132 cm³/mol. The maximum absolute atomic E-state index is 14.1. The van der Waals surface area contributed by atoms with E-state index in [0.717, 1.165) is 17.4 Å². The molecule has 1 aliphatic rings. The van der Waals surface area contributed by atoms with Gasteiger partial charge in [-0.3, -0.25) is 4.79 Å². The summed E-state index contributed by atoms with van der Waals surface area (Å²) in [5.41, 5.74) is 1.47. The van der Waals surface area contributed by atoms with Gasteiger partial charge in [0, 0.05) is 27.9 Å². The van der Waals surface area contributed by atoms with Gasteiger partial charge in [0.1, 0.15) is 6.29 Å². The van der Waals surface area contributed by atoms with E-state index < -0.39 is 5.41 Å². The molecule has 0 saturated carbocycles. The normalized spacial score (nSPS) is 25.3. The standard InChI is InChI=1S/C27H31Cl2NO2/c1-5-14-27(4)16-23(20-8-7-9-22(29)15-20)25(19-10-12-21(28)13-11-19)30(26(27)32)24(6-2)18(3)17-31/h5,7-13,15,17-18,23-25H,1,6,14,16H2,2-4H3/t18-,23?,24-,25+,27-/m0/s1. The number of halogens is 2. The number of benzene rings is 2. The molecule has 0 N–H and O–H groups in total. The number of hydrogen-bond donors (Lipinski definition) is 0. The van der Waals surface area contributed by atoms with Gasteiger partial charge in [0.05, 0.1) is 11.5 Å². The van der Waals surface area contributed by atoms with Gasteiger partial charge in [0.15, 0.2) is 0 Å². The molecule has 0 spiro atoms. The number of aldehydes is 1. The van der Waals surface area contributed by atoms with E-state index in [1.165, 1.54) is 0 Å². The van der Waals surface area contributed by atoms with Gasteiger partial charge in [-0.25, -0.2) is 0 Å². The molecule has 32 heavy (non-hydrogen) atoms. The zero-order valence-electron chi connectivity index (χ0n) is 18.9. The third kappa shape index (κ3) is 4.79. The number of piperidine rings is 1. The van der Waals surface area contributed by atoms with Crippen LogP contribution in [0.4, 0.5) is 0 Å². The van der Waals surface area contributed by atoms with Gasteiger partial charge < -0.3 is 9.69 Å². The molecule has 0 bridgehead atoms. The van der Waals surface area contributed by atoms with Crippen LogP contribution in [0.3, 0.4) is 0 Å². The molecule has 0 aromatic heterocycles. The van der Waals surface area contributed by atoms with Crippen molar-refractivity contribution in [3.63, 3.8) is 0 Å². The van der Waals surface area contributed by atoms with Crippen molar-refractivity contribution in [2.75, 3.05) is 0 Å². The van der Waals surface area contributed by atoms with Crippen molar-refractivity contribution in [2.45, 2.75) is 58.0 Å². The molecule has 5 heteroatoms. The molecule has 5 atom stereocenters. The van der Waals surface area contributed by atoms with Crippen LogP contribution in [0.1, 0.15) is 63.1 Å². The Morgan fingerprint density at radius 1 is 1.16 bits per heavy atom. The van der Waals surface area contributed by atoms with Crippen molar-refractivity contribution in [3.05, 3.63) is 82.4 Å². The summed E-state index contributed by atoms with van der Waals surface area (Å²) in [5.74, 6) is -0.216. The number of carbonyl (C=O) groups is 2. The first kappa shape index (κ1) is 24.5. The van der Waals surface area contributed by atoms with Gasteiger partial charge in [0.2, 0.25) is 5.91 Å². The van der Waals surface area contributed by atoms with Crippen molar-refractivity contribution in [1.29, 1.82) is 0 Å². The van der Waals surface area contributed by atoms with Crippen LogP contribution in [-0.4, -0.2) is 23.1 Å². The Morgan fingerprint density at radius 3 is 2.41 bits per heavy atom. The van der Waals surface area contributed by atoms with Gasteiger partial charge in [-0.15, -0.1) is 6.58 Å². The van der Waals surface area contributed by atoms with Gasteiger partial charge in [-0.1, -0.05) is 74.3 Å². The van der Waals surface area contributed by atoms with Gasteiger partial charge in [0.25, 0.3) is 0 Å². The Bertz CT molecular complexity index is 974. The number of nitrogens with zero attached hydrogens (tertiary/aromatic N) is 1. The van der Waals surface area contributed by atoms with Crippen molar-refractivity contribution >= 4 is 35.4 Å². The van der Waals surface area contributed by atoms with E-state index in [1.54, 1.807) is 0 Å². The van der Waals surface area contributed by atoms with Crippen molar-refractivity contribution in [3.8, 4) is 0 Å². The summed E-state index contributed by atoms with van der Waals surface area (Å²) < 4.78 is 0. The minimum atomic E-state index is -0.617. The fourth-order valence-electron chi connectivity index (χ4n) is 5.17. The number of allylic oxidation sites excluding steroid dienone is 1. The van der Waals surface area contributed by atoms with E-state index in [4.69, 9.17) is 23.2 Å². The zero-order valence-corrected chi connectivity index (χ0v) is 20.4. The summed E-state index contributed by atoms with van der Waals surface area (Å²) in [7, 11) is 0. The smallest absolute Gasteiger partial charge is 0.229 e. The van der Waals surface area contributed by atoms with Crippen LogP contribution in [0.15, 0.2) is 61.2 Å². The maximum atomic E-state index is 14.1. The third-order valence-corrected chi connectivity index (χ3v) is 7.27. The monoisotopic (exact) mass is 471 g/mol. The summed E-state index contributed by atoms with van der Waals surface area (Å²) in [4.78, 5) is 27.9. The molecule has 1 heterocycles. The second kappa shape index (κ2) is 10.2. The van der Waals surface area contributed by atoms with Crippen LogP contribution in [0, 0.1) is 11.3 Å². The summed E-state index contributed by atoms with van der Waals surface area (Å²) in [6, 6.07) is 15.1. The lowest BCUT2D eigenvalue weighted by Gasteiger charge is -2.52. The molecular formula is C27H31Cl2NO2. The van der Waals surface area contributed by atoms with E-state index in [2.05, 4.69) is 12.6 Å². The Labute approximate surface area is 201 Å². The molecule has 170 valence electrons. The first-order chi connectivity index (χ1) is 15.3. The highest BCUT2D eigenvalue weighted by molar-refractivity contribution is 6.30. The number of carbonyl (C=O) groups excluding carboxylic acids is 2. The summed E-state index contributed by atoms with van der Waals surface area (Å²) in [5, 5.41) is 1.31. The second-order valence-corrected chi connectivity index (χ2v) is 9.97. The lowest BCUT2D eigenvalue weighted by Crippen LogP contribution is -2.57. The molecule has 3 nitrogen and oxygen atoms in total. The number of hydrogen-bond acceptors (Lipinski definition) is 2. The first-order valence-corrected chi connectivity index (χ1v) is 11.9. The summed E-state index contributed by atoms with van der Waals surface area (Å²) >= 11 is 12.6. The average molecular weight is 472 g/mol. The Balaban J connectivity index is 2.26. The third-order valence-electron chi connectivity index (χ3n) is 6.78. The zero-order chi connectivity index (χ0) is 23.5. The van der Waals surface area contributed by atoms with Crippen LogP contribution in [-0.2, 0) is 9.59 Å². The van der Waals surface area contributed by atoms with Crippen molar-refractivity contribution in [2.24, 2.45) is 11.3 Å². The molecular weight excluding hydrogens is 441 g/mol. The van der Waals surface area contributed by atoms with E-state index in [0.29, 0.717) is 29.3 Å². The van der Waals surface area contributed by atoms with E-state index in [9.17, 15) is 9.59 Å². The molecule has 1 unspecified atom stereocenters. The first-order valence-electron chi connectivity index (χ1n) is 11.2. The average Bonchev–Trinajstić information content (AvgIpc) is 2.77. The molecule has 1 amide bonds. The highest BCUT2D eigenvalue weighted by Crippen LogP contribution is 2.52. The largest absolute Gasteiger partial charge is 0.331 e. The number of rotatable bonds is 8. The summed E-state index contributed by atoms with van der Waals surface area (Å²) in [6.07, 6.45) is 4.68. The highest BCUT2D eigenvalue weighted by Gasteiger charge is 2.51. The van der Waals surface area contributed by atoms with Crippen LogP contribution in [0.25, 0.3) is 0 Å². The van der Waals surface area contributed by atoms with E-state index in [1.807, 2.05) is 74.2 Å². The molecule has 1 aliphatic heterocycles. The Morgan fingerprint density at radius 2 is 1.84 bits per heavy atom. The SMILES string of the molecule is C=CC[C@@]1(C)CC(c2cccc(Cl)c2)[C@@H](c2ccc(Cl)cc2)N([C@@H](CC)[C@@H](C)C=O)C1=O. The van der Waals surface area contributed by atoms with Gasteiger partial charge in [-0.2, -0.15) is 0 Å².